The highest BCUT2D eigenvalue weighted by molar-refractivity contribution is 5.75. The molecule has 0 spiro atoms. The van der Waals surface area contributed by atoms with Crippen LogP contribution < -0.4 is 5.32 Å². The van der Waals surface area contributed by atoms with Crippen LogP contribution in [0, 0.1) is 12.3 Å². The molecule has 0 bridgehead atoms. The predicted molar refractivity (Wildman–Crippen MR) is 76.9 cm³/mol. The van der Waals surface area contributed by atoms with Gasteiger partial charge in [-0.3, -0.25) is 4.79 Å². The molecule has 20 heavy (non-hydrogen) atoms. The Morgan fingerprint density at radius 3 is 2.70 bits per heavy atom. The van der Waals surface area contributed by atoms with Gasteiger partial charge in [0.05, 0.1) is 5.41 Å². The summed E-state index contributed by atoms with van der Waals surface area (Å²) in [4.78, 5) is 15.7. The summed E-state index contributed by atoms with van der Waals surface area (Å²) in [5.41, 5.74) is 1.06. The van der Waals surface area contributed by atoms with Crippen molar-refractivity contribution in [2.75, 3.05) is 11.9 Å². The fourth-order valence-corrected chi connectivity index (χ4v) is 2.32. The van der Waals surface area contributed by atoms with Gasteiger partial charge in [-0.1, -0.05) is 13.8 Å². The van der Waals surface area contributed by atoms with Gasteiger partial charge in [0.15, 0.2) is 5.65 Å². The molecule has 6 nitrogen and oxygen atoms in total. The third-order valence-corrected chi connectivity index (χ3v) is 3.94. The molecular weight excluding hydrogens is 256 g/mol. The number of nitrogens with zero attached hydrogens (tertiary/aromatic N) is 3. The van der Waals surface area contributed by atoms with Crippen LogP contribution in [-0.4, -0.2) is 32.2 Å². The van der Waals surface area contributed by atoms with Gasteiger partial charge in [0.2, 0.25) is 0 Å². The summed E-state index contributed by atoms with van der Waals surface area (Å²) in [6.07, 6.45) is 2.65. The lowest BCUT2D eigenvalue weighted by molar-refractivity contribution is -0.148. The second kappa shape index (κ2) is 5.48. The lowest BCUT2D eigenvalue weighted by atomic mass is 9.82. The van der Waals surface area contributed by atoms with Crippen molar-refractivity contribution in [3.05, 3.63) is 24.0 Å². The Morgan fingerprint density at radius 1 is 1.40 bits per heavy atom. The van der Waals surface area contributed by atoms with E-state index in [2.05, 4.69) is 15.4 Å². The number of aliphatic carboxylic acids is 1. The Hall–Kier alpha value is -2.11. The molecule has 2 aromatic heterocycles. The quantitative estimate of drug-likeness (QED) is 0.846. The Labute approximate surface area is 117 Å². The SMILES string of the molecule is CCC(CC)(CNc1cc(C)cc2ncnn12)C(=O)O. The zero-order valence-electron chi connectivity index (χ0n) is 12.1. The molecule has 0 atom stereocenters. The first-order valence-electron chi connectivity index (χ1n) is 6.80. The molecule has 0 saturated heterocycles. The first-order chi connectivity index (χ1) is 9.52. The molecule has 2 rings (SSSR count). The monoisotopic (exact) mass is 276 g/mol. The molecular formula is C14H20N4O2. The lowest BCUT2D eigenvalue weighted by Gasteiger charge is -2.27. The Morgan fingerprint density at radius 2 is 2.10 bits per heavy atom. The van der Waals surface area contributed by atoms with Crippen LogP contribution in [0.15, 0.2) is 18.5 Å². The van der Waals surface area contributed by atoms with E-state index >= 15 is 0 Å². The minimum atomic E-state index is -0.766. The number of rotatable bonds is 6. The maximum absolute atomic E-state index is 11.5. The summed E-state index contributed by atoms with van der Waals surface area (Å²) in [5, 5.41) is 16.8. The lowest BCUT2D eigenvalue weighted by Crippen LogP contribution is -2.37. The number of carboxylic acid groups (broad SMARTS) is 1. The molecule has 0 amide bonds. The highest BCUT2D eigenvalue weighted by Gasteiger charge is 2.34. The largest absolute Gasteiger partial charge is 0.481 e. The van der Waals surface area contributed by atoms with Crippen molar-refractivity contribution in [3.63, 3.8) is 0 Å². The van der Waals surface area contributed by atoms with Crippen molar-refractivity contribution in [2.45, 2.75) is 33.6 Å². The van der Waals surface area contributed by atoms with Gasteiger partial charge in [0.1, 0.15) is 12.1 Å². The second-order valence-corrected chi connectivity index (χ2v) is 5.09. The van der Waals surface area contributed by atoms with Crippen molar-refractivity contribution >= 4 is 17.4 Å². The number of aromatic nitrogens is 3. The van der Waals surface area contributed by atoms with Crippen molar-refractivity contribution in [1.29, 1.82) is 0 Å². The number of carboxylic acids is 1. The molecule has 0 unspecified atom stereocenters. The maximum atomic E-state index is 11.5. The number of hydrogen-bond donors (Lipinski definition) is 2. The van der Waals surface area contributed by atoms with Gasteiger partial charge >= 0.3 is 5.97 Å². The third kappa shape index (κ3) is 2.45. The van der Waals surface area contributed by atoms with Gasteiger partial charge in [-0.2, -0.15) is 9.61 Å². The fraction of sp³-hybridized carbons (Fsp3) is 0.500. The van der Waals surface area contributed by atoms with E-state index in [1.54, 1.807) is 4.52 Å². The number of aryl methyl sites for hydroxylation is 1. The van der Waals surface area contributed by atoms with E-state index in [4.69, 9.17) is 0 Å². The molecule has 2 heterocycles. The van der Waals surface area contributed by atoms with Crippen LogP contribution in [0.5, 0.6) is 0 Å². The zero-order valence-corrected chi connectivity index (χ0v) is 12.1. The van der Waals surface area contributed by atoms with Crippen LogP contribution in [0.2, 0.25) is 0 Å². The molecule has 0 fully saturated rings. The third-order valence-electron chi connectivity index (χ3n) is 3.94. The first kappa shape index (κ1) is 14.3. The number of anilines is 1. The molecule has 108 valence electrons. The highest BCUT2D eigenvalue weighted by Crippen LogP contribution is 2.27. The topological polar surface area (TPSA) is 79.5 Å². The van der Waals surface area contributed by atoms with Crippen LogP contribution in [-0.2, 0) is 4.79 Å². The summed E-state index contributed by atoms with van der Waals surface area (Å²) >= 11 is 0. The average Bonchev–Trinajstić information content (AvgIpc) is 2.88. The molecule has 0 aromatic carbocycles. The predicted octanol–water partition coefficient (Wildman–Crippen LogP) is 2.34. The summed E-state index contributed by atoms with van der Waals surface area (Å²) in [7, 11) is 0. The van der Waals surface area contributed by atoms with Crippen LogP contribution in [0.4, 0.5) is 5.82 Å². The molecule has 0 aliphatic carbocycles. The fourth-order valence-electron chi connectivity index (χ4n) is 2.32. The number of carbonyl (C=O) groups is 1. The van der Waals surface area contributed by atoms with Crippen molar-refractivity contribution in [2.24, 2.45) is 5.41 Å². The van der Waals surface area contributed by atoms with Crippen molar-refractivity contribution < 1.29 is 9.90 Å². The van der Waals surface area contributed by atoms with E-state index in [9.17, 15) is 9.90 Å². The van der Waals surface area contributed by atoms with E-state index in [1.165, 1.54) is 6.33 Å². The summed E-state index contributed by atoms with van der Waals surface area (Å²) < 4.78 is 1.69. The average molecular weight is 276 g/mol. The van der Waals surface area contributed by atoms with E-state index in [0.717, 1.165) is 17.0 Å². The Balaban J connectivity index is 2.28. The first-order valence-corrected chi connectivity index (χ1v) is 6.80. The number of fused-ring (bicyclic) bond motifs is 1. The number of nitrogens with one attached hydrogen (secondary N) is 1. The molecule has 2 N–H and O–H groups in total. The molecule has 0 radical (unpaired) electrons. The van der Waals surface area contributed by atoms with Crippen molar-refractivity contribution in [1.82, 2.24) is 14.6 Å². The van der Waals surface area contributed by atoms with E-state index in [1.807, 2.05) is 32.9 Å². The molecule has 0 aliphatic rings. The van der Waals surface area contributed by atoms with E-state index in [-0.39, 0.29) is 0 Å². The summed E-state index contributed by atoms with van der Waals surface area (Å²) in [5.74, 6) is 0.00233. The Bertz CT molecular complexity index is 617. The van der Waals surface area contributed by atoms with Crippen LogP contribution in [0.3, 0.4) is 0 Å². The van der Waals surface area contributed by atoms with Gasteiger partial charge in [-0.25, -0.2) is 4.98 Å². The van der Waals surface area contributed by atoms with Crippen LogP contribution >= 0.6 is 0 Å². The summed E-state index contributed by atoms with van der Waals surface area (Å²) in [6.45, 7) is 6.15. The molecule has 2 aromatic rings. The molecule has 6 heteroatoms. The van der Waals surface area contributed by atoms with Gasteiger partial charge in [0, 0.05) is 6.54 Å². The van der Waals surface area contributed by atoms with Gasteiger partial charge < -0.3 is 10.4 Å². The van der Waals surface area contributed by atoms with Gasteiger partial charge in [-0.05, 0) is 37.5 Å². The minimum absolute atomic E-state index is 0.369. The standard InChI is InChI=1S/C14H20N4O2/c1-4-14(5-2,13(19)20)8-15-11-6-10(3)7-12-16-9-17-18(11)12/h6-7,9,15H,4-5,8H2,1-3H3,(H,19,20). The van der Waals surface area contributed by atoms with E-state index < -0.39 is 11.4 Å². The Kier molecular flexibility index (Phi) is 3.92. The number of hydrogen-bond acceptors (Lipinski definition) is 4. The molecule has 0 aliphatic heterocycles. The highest BCUT2D eigenvalue weighted by atomic mass is 16.4. The van der Waals surface area contributed by atoms with Gasteiger partial charge in [-0.15, -0.1) is 0 Å². The summed E-state index contributed by atoms with van der Waals surface area (Å²) in [6, 6.07) is 3.88. The minimum Gasteiger partial charge on any atom is -0.481 e. The maximum Gasteiger partial charge on any atom is 0.311 e. The zero-order chi connectivity index (χ0) is 14.8. The smallest absolute Gasteiger partial charge is 0.311 e. The second-order valence-electron chi connectivity index (χ2n) is 5.09. The van der Waals surface area contributed by atoms with Crippen molar-refractivity contribution in [3.8, 4) is 0 Å². The molecule has 0 saturated carbocycles. The number of pyridine rings is 1. The van der Waals surface area contributed by atoms with E-state index in [0.29, 0.717) is 19.4 Å². The van der Waals surface area contributed by atoms with Crippen LogP contribution in [0.1, 0.15) is 32.3 Å². The van der Waals surface area contributed by atoms with Crippen LogP contribution in [0.25, 0.3) is 5.65 Å². The normalized spacial score (nSPS) is 11.8. The van der Waals surface area contributed by atoms with Gasteiger partial charge in [0.25, 0.3) is 0 Å².